The van der Waals surface area contributed by atoms with E-state index in [-0.39, 0.29) is 0 Å². The predicted molar refractivity (Wildman–Crippen MR) is 57.2 cm³/mol. The van der Waals surface area contributed by atoms with Gasteiger partial charge >= 0.3 is 10.4 Å². The minimum atomic E-state index is -4.67. The summed E-state index contributed by atoms with van der Waals surface area (Å²) in [6, 6.07) is 6.00. The second-order valence-electron chi connectivity index (χ2n) is 3.04. The van der Waals surface area contributed by atoms with Gasteiger partial charge in [0.15, 0.2) is 0 Å². The second-order valence-corrected chi connectivity index (χ2v) is 3.94. The summed E-state index contributed by atoms with van der Waals surface area (Å²) in [6.45, 7) is 1.05. The van der Waals surface area contributed by atoms with Crippen LogP contribution in [0.4, 0.5) is 11.4 Å². The quantitative estimate of drug-likeness (QED) is 0.384. The standard InChI is InChI=1S/C8H10N2.H2O4S/c9-7-1-2-8-6(5-7)3-4-10-8;1-5(2,3)4/h1-2,5,10H,3-4,9H2;(H2,1,2,3,4). The third-order valence-electron chi connectivity index (χ3n) is 1.84. The molecule has 0 bridgehead atoms. The van der Waals surface area contributed by atoms with Crippen LogP contribution in [0.1, 0.15) is 5.56 Å². The van der Waals surface area contributed by atoms with Crippen LogP contribution in [0, 0.1) is 0 Å². The van der Waals surface area contributed by atoms with Crippen molar-refractivity contribution in [3.05, 3.63) is 23.8 Å². The molecule has 0 amide bonds. The summed E-state index contributed by atoms with van der Waals surface area (Å²) in [7, 11) is -4.67. The van der Waals surface area contributed by atoms with Gasteiger partial charge in [0.05, 0.1) is 0 Å². The van der Waals surface area contributed by atoms with E-state index in [0.29, 0.717) is 0 Å². The highest BCUT2D eigenvalue weighted by Crippen LogP contribution is 2.23. The van der Waals surface area contributed by atoms with Gasteiger partial charge in [0.2, 0.25) is 0 Å². The molecule has 7 heteroatoms. The summed E-state index contributed by atoms with van der Waals surface area (Å²) in [5.41, 5.74) is 9.06. The van der Waals surface area contributed by atoms with Crippen LogP contribution in [0.15, 0.2) is 18.2 Å². The van der Waals surface area contributed by atoms with E-state index in [2.05, 4.69) is 5.32 Å². The smallest absolute Gasteiger partial charge is 0.394 e. The normalized spacial score (nSPS) is 13.5. The van der Waals surface area contributed by atoms with Gasteiger partial charge in [-0.05, 0) is 30.2 Å². The maximum atomic E-state index is 8.74. The molecule has 1 aliphatic rings. The van der Waals surface area contributed by atoms with Crippen molar-refractivity contribution in [2.24, 2.45) is 0 Å². The molecule has 0 aromatic heterocycles. The van der Waals surface area contributed by atoms with E-state index in [1.165, 1.54) is 11.3 Å². The van der Waals surface area contributed by atoms with Crippen molar-refractivity contribution in [3.63, 3.8) is 0 Å². The molecule has 5 N–H and O–H groups in total. The van der Waals surface area contributed by atoms with Gasteiger partial charge in [-0.3, -0.25) is 9.11 Å². The number of nitrogens with two attached hydrogens (primary N) is 1. The van der Waals surface area contributed by atoms with Gasteiger partial charge in [0.25, 0.3) is 0 Å². The lowest BCUT2D eigenvalue weighted by molar-refractivity contribution is 0.381. The number of fused-ring (bicyclic) bond motifs is 1. The zero-order valence-electron chi connectivity index (χ0n) is 7.84. The van der Waals surface area contributed by atoms with Gasteiger partial charge in [-0.2, -0.15) is 8.42 Å². The number of hydrogen-bond donors (Lipinski definition) is 4. The van der Waals surface area contributed by atoms with Crippen LogP contribution in [0.2, 0.25) is 0 Å². The van der Waals surface area contributed by atoms with Crippen molar-refractivity contribution in [1.82, 2.24) is 0 Å². The third kappa shape index (κ3) is 4.63. The van der Waals surface area contributed by atoms with Crippen LogP contribution in [0.3, 0.4) is 0 Å². The van der Waals surface area contributed by atoms with Gasteiger partial charge in [-0.25, -0.2) is 0 Å². The molecule has 0 unspecified atom stereocenters. The summed E-state index contributed by atoms with van der Waals surface area (Å²) >= 11 is 0. The van der Waals surface area contributed by atoms with Crippen molar-refractivity contribution < 1.29 is 17.5 Å². The van der Waals surface area contributed by atoms with Crippen molar-refractivity contribution in [2.75, 3.05) is 17.6 Å². The van der Waals surface area contributed by atoms with Crippen LogP contribution in [-0.2, 0) is 16.8 Å². The van der Waals surface area contributed by atoms with Crippen LogP contribution in [0.5, 0.6) is 0 Å². The first-order chi connectivity index (χ1) is 6.86. The lowest BCUT2D eigenvalue weighted by Gasteiger charge is -1.98. The maximum Gasteiger partial charge on any atom is 0.394 e. The Morgan fingerprint density at radius 2 is 1.93 bits per heavy atom. The summed E-state index contributed by atoms with van der Waals surface area (Å²) in [5, 5.41) is 3.27. The van der Waals surface area contributed by atoms with E-state index in [4.69, 9.17) is 23.3 Å². The van der Waals surface area contributed by atoms with Crippen molar-refractivity contribution >= 4 is 21.8 Å². The number of rotatable bonds is 0. The highest BCUT2D eigenvalue weighted by molar-refractivity contribution is 7.79. The largest absolute Gasteiger partial charge is 0.399 e. The molecule has 84 valence electrons. The summed E-state index contributed by atoms with van der Waals surface area (Å²) in [4.78, 5) is 0. The van der Waals surface area contributed by atoms with Crippen molar-refractivity contribution in [1.29, 1.82) is 0 Å². The molecule has 0 saturated carbocycles. The summed E-state index contributed by atoms with van der Waals surface area (Å²) in [6.07, 6.45) is 1.11. The van der Waals surface area contributed by atoms with E-state index in [9.17, 15) is 0 Å². The topological polar surface area (TPSA) is 113 Å². The first kappa shape index (κ1) is 11.8. The summed E-state index contributed by atoms with van der Waals surface area (Å²) < 4.78 is 31.6. The molecule has 1 aliphatic heterocycles. The maximum absolute atomic E-state index is 8.74. The lowest BCUT2D eigenvalue weighted by atomic mass is 10.1. The van der Waals surface area contributed by atoms with Crippen LogP contribution >= 0.6 is 0 Å². The van der Waals surface area contributed by atoms with E-state index < -0.39 is 10.4 Å². The molecule has 1 aromatic rings. The Bertz CT molecular complexity index is 436. The van der Waals surface area contributed by atoms with Gasteiger partial charge in [0.1, 0.15) is 0 Å². The monoisotopic (exact) mass is 232 g/mol. The second kappa shape index (κ2) is 4.47. The first-order valence-corrected chi connectivity index (χ1v) is 5.58. The van der Waals surface area contributed by atoms with Gasteiger partial charge in [-0.15, -0.1) is 0 Å². The fourth-order valence-corrected chi connectivity index (χ4v) is 1.32. The zero-order chi connectivity index (χ0) is 11.5. The minimum Gasteiger partial charge on any atom is -0.399 e. The Labute approximate surface area is 87.7 Å². The Morgan fingerprint density at radius 3 is 2.53 bits per heavy atom. The Balaban J connectivity index is 0.000000195. The Kier molecular flexibility index (Phi) is 3.51. The fraction of sp³-hybridized carbons (Fsp3) is 0.250. The Hall–Kier alpha value is -1.31. The number of nitrogens with one attached hydrogen (secondary N) is 1. The van der Waals surface area contributed by atoms with E-state index in [1.807, 2.05) is 18.2 Å². The lowest BCUT2D eigenvalue weighted by Crippen LogP contribution is -1.90. The molecule has 6 nitrogen and oxygen atoms in total. The van der Waals surface area contributed by atoms with Gasteiger partial charge in [-0.1, -0.05) is 0 Å². The molecular weight excluding hydrogens is 220 g/mol. The van der Waals surface area contributed by atoms with Crippen molar-refractivity contribution in [2.45, 2.75) is 6.42 Å². The van der Waals surface area contributed by atoms with E-state index >= 15 is 0 Å². The predicted octanol–water partition coefficient (Wildman–Crippen LogP) is 0.584. The van der Waals surface area contributed by atoms with Crippen molar-refractivity contribution in [3.8, 4) is 0 Å². The molecule has 15 heavy (non-hydrogen) atoms. The molecule has 0 saturated heterocycles. The molecule has 1 aromatic carbocycles. The molecule has 2 rings (SSSR count). The number of anilines is 2. The van der Waals surface area contributed by atoms with Crippen LogP contribution < -0.4 is 11.1 Å². The molecule has 0 atom stereocenters. The number of hydrogen-bond acceptors (Lipinski definition) is 4. The van der Waals surface area contributed by atoms with Crippen LogP contribution in [0.25, 0.3) is 0 Å². The third-order valence-corrected chi connectivity index (χ3v) is 1.84. The van der Waals surface area contributed by atoms with E-state index in [0.717, 1.165) is 18.7 Å². The average Bonchev–Trinajstić information content (AvgIpc) is 2.47. The minimum absolute atomic E-state index is 0.863. The number of nitrogen functional groups attached to an aromatic ring is 1. The Morgan fingerprint density at radius 1 is 1.33 bits per heavy atom. The highest BCUT2D eigenvalue weighted by atomic mass is 32.3. The van der Waals surface area contributed by atoms with Gasteiger partial charge in [0, 0.05) is 17.9 Å². The highest BCUT2D eigenvalue weighted by Gasteiger charge is 2.07. The molecular formula is C8H12N2O4S. The molecule has 1 heterocycles. The SMILES string of the molecule is Nc1ccc2c(c1)CCN2.O=S(=O)(O)O. The van der Waals surface area contributed by atoms with E-state index in [1.54, 1.807) is 0 Å². The zero-order valence-corrected chi connectivity index (χ0v) is 8.66. The molecule has 0 spiro atoms. The van der Waals surface area contributed by atoms with Crippen LogP contribution in [-0.4, -0.2) is 24.1 Å². The molecule has 0 fully saturated rings. The molecule has 0 aliphatic carbocycles. The van der Waals surface area contributed by atoms with Gasteiger partial charge < -0.3 is 11.1 Å². The molecule has 0 radical (unpaired) electrons. The fourth-order valence-electron chi connectivity index (χ4n) is 1.32. The first-order valence-electron chi connectivity index (χ1n) is 4.18. The average molecular weight is 232 g/mol. The number of benzene rings is 1. The summed E-state index contributed by atoms with van der Waals surface area (Å²) in [5.74, 6) is 0.